The van der Waals surface area contributed by atoms with E-state index in [1.807, 2.05) is 36.0 Å². The van der Waals surface area contributed by atoms with Gasteiger partial charge in [0.15, 0.2) is 0 Å². The Kier molecular flexibility index (Phi) is 6.65. The molecular weight excluding hydrogens is 282 g/mol. The second-order valence-electron chi connectivity index (χ2n) is 5.13. The maximum atomic E-state index is 12.2. The third-order valence-corrected chi connectivity index (χ3v) is 4.52. The van der Waals surface area contributed by atoms with Gasteiger partial charge in [0.25, 0.3) is 0 Å². The minimum Gasteiger partial charge on any atom is -0.395 e. The number of thioether (sulfide) groups is 1. The van der Waals surface area contributed by atoms with Gasteiger partial charge in [0.2, 0.25) is 5.91 Å². The topological polar surface area (TPSA) is 49.3 Å². The Labute approximate surface area is 130 Å². The number of benzene rings is 1. The van der Waals surface area contributed by atoms with Crippen LogP contribution in [0.5, 0.6) is 0 Å². The minimum atomic E-state index is 0.0568. The van der Waals surface area contributed by atoms with Gasteiger partial charge in [0, 0.05) is 18.4 Å². The molecule has 0 aliphatic carbocycles. The number of carbonyl (C=O) groups is 1. The lowest BCUT2D eigenvalue weighted by Gasteiger charge is -2.20. The minimum absolute atomic E-state index is 0.0568. The van der Waals surface area contributed by atoms with Crippen LogP contribution in [0.2, 0.25) is 0 Å². The fraction of sp³-hybridized carbons (Fsp3) is 0.471. The molecule has 1 aliphatic rings. The van der Waals surface area contributed by atoms with Crippen LogP contribution in [0, 0.1) is 17.8 Å². The molecule has 21 heavy (non-hydrogen) atoms. The zero-order valence-electron chi connectivity index (χ0n) is 12.1. The molecule has 0 unspecified atom stereocenters. The molecule has 1 fully saturated rings. The highest BCUT2D eigenvalue weighted by atomic mass is 32.2. The lowest BCUT2D eigenvalue weighted by atomic mass is 9.98. The summed E-state index contributed by atoms with van der Waals surface area (Å²) in [7, 11) is 0. The summed E-state index contributed by atoms with van der Waals surface area (Å²) in [6, 6.07) is 7.55. The van der Waals surface area contributed by atoms with Crippen LogP contribution in [0.4, 0.5) is 5.69 Å². The molecule has 0 bridgehead atoms. The van der Waals surface area contributed by atoms with E-state index in [2.05, 4.69) is 17.2 Å². The van der Waals surface area contributed by atoms with Crippen LogP contribution in [0.1, 0.15) is 31.2 Å². The van der Waals surface area contributed by atoms with Crippen LogP contribution in [0.3, 0.4) is 0 Å². The fourth-order valence-electron chi connectivity index (χ4n) is 2.33. The van der Waals surface area contributed by atoms with Gasteiger partial charge in [-0.2, -0.15) is 11.8 Å². The number of carbonyl (C=O) groups excluding carboxylic acids is 1. The van der Waals surface area contributed by atoms with E-state index in [4.69, 9.17) is 5.11 Å². The van der Waals surface area contributed by atoms with Crippen molar-refractivity contribution < 1.29 is 9.90 Å². The van der Waals surface area contributed by atoms with Crippen molar-refractivity contribution in [2.24, 2.45) is 5.92 Å². The van der Waals surface area contributed by atoms with Gasteiger partial charge in [0.05, 0.1) is 12.3 Å². The van der Waals surface area contributed by atoms with Gasteiger partial charge in [-0.25, -0.2) is 0 Å². The average molecular weight is 303 g/mol. The van der Waals surface area contributed by atoms with Crippen LogP contribution in [0.15, 0.2) is 24.3 Å². The van der Waals surface area contributed by atoms with Gasteiger partial charge in [-0.15, -0.1) is 0 Å². The number of hydrogen-bond acceptors (Lipinski definition) is 3. The highest BCUT2D eigenvalue weighted by Crippen LogP contribution is 2.25. The van der Waals surface area contributed by atoms with Crippen molar-refractivity contribution in [3.63, 3.8) is 0 Å². The summed E-state index contributed by atoms with van der Waals surface area (Å²) in [6.45, 7) is 0.0568. The molecule has 0 saturated carbocycles. The molecule has 0 radical (unpaired) electrons. The van der Waals surface area contributed by atoms with E-state index in [1.165, 1.54) is 11.5 Å². The van der Waals surface area contributed by atoms with Gasteiger partial charge in [-0.05, 0) is 42.4 Å². The van der Waals surface area contributed by atoms with Crippen molar-refractivity contribution in [2.75, 3.05) is 23.4 Å². The second kappa shape index (κ2) is 8.76. The van der Waals surface area contributed by atoms with Crippen LogP contribution >= 0.6 is 11.8 Å². The maximum absolute atomic E-state index is 12.2. The van der Waals surface area contributed by atoms with E-state index in [-0.39, 0.29) is 12.5 Å². The van der Waals surface area contributed by atoms with Crippen LogP contribution in [-0.4, -0.2) is 29.1 Å². The Morgan fingerprint density at radius 2 is 2.10 bits per heavy atom. The normalized spacial score (nSPS) is 15.1. The molecule has 1 saturated heterocycles. The molecular formula is C17H21NO2S. The lowest BCUT2D eigenvalue weighted by molar-refractivity contribution is -0.117. The molecule has 1 amide bonds. The molecule has 112 valence electrons. The van der Waals surface area contributed by atoms with E-state index >= 15 is 0 Å². The van der Waals surface area contributed by atoms with E-state index in [0.29, 0.717) is 18.8 Å². The van der Waals surface area contributed by atoms with Crippen molar-refractivity contribution in [3.8, 4) is 11.8 Å². The predicted molar refractivity (Wildman–Crippen MR) is 88.3 cm³/mol. The molecule has 3 nitrogen and oxygen atoms in total. The SMILES string of the molecule is O=C(CC1CCSCC1)Nc1ccccc1C#CCCO. The zero-order valence-corrected chi connectivity index (χ0v) is 12.9. The average Bonchev–Trinajstić information content (AvgIpc) is 2.50. The Morgan fingerprint density at radius 1 is 1.33 bits per heavy atom. The molecule has 0 aromatic heterocycles. The van der Waals surface area contributed by atoms with E-state index in [0.717, 1.165) is 24.1 Å². The first-order chi connectivity index (χ1) is 10.3. The summed E-state index contributed by atoms with van der Waals surface area (Å²) in [5.41, 5.74) is 1.57. The Morgan fingerprint density at radius 3 is 2.86 bits per heavy atom. The number of hydrogen-bond donors (Lipinski definition) is 2. The Balaban J connectivity index is 1.95. The number of nitrogens with one attached hydrogen (secondary N) is 1. The molecule has 0 spiro atoms. The largest absolute Gasteiger partial charge is 0.395 e. The summed E-state index contributed by atoms with van der Waals surface area (Å²) in [4.78, 5) is 12.2. The highest BCUT2D eigenvalue weighted by molar-refractivity contribution is 7.99. The Bertz CT molecular complexity index is 527. The first kappa shape index (κ1) is 15.9. The number of para-hydroxylation sites is 1. The highest BCUT2D eigenvalue weighted by Gasteiger charge is 2.17. The van der Waals surface area contributed by atoms with Crippen LogP contribution in [0.25, 0.3) is 0 Å². The standard InChI is InChI=1S/C17H21NO2S/c19-10-4-3-6-15-5-1-2-7-16(15)18-17(20)13-14-8-11-21-12-9-14/h1-2,5,7,14,19H,4,8-13H2,(H,18,20). The van der Waals surface area contributed by atoms with Gasteiger partial charge in [0.1, 0.15) is 0 Å². The molecule has 1 aromatic rings. The Hall–Kier alpha value is -1.44. The summed E-state index contributed by atoms with van der Waals surface area (Å²) in [5.74, 6) is 8.81. The van der Waals surface area contributed by atoms with Crippen molar-refractivity contribution in [1.82, 2.24) is 0 Å². The predicted octanol–water partition coefficient (Wildman–Crippen LogP) is 2.89. The van der Waals surface area contributed by atoms with Crippen LogP contribution < -0.4 is 5.32 Å². The van der Waals surface area contributed by atoms with Crippen molar-refractivity contribution in [1.29, 1.82) is 0 Å². The summed E-state index contributed by atoms with van der Waals surface area (Å²) < 4.78 is 0. The van der Waals surface area contributed by atoms with E-state index in [1.54, 1.807) is 0 Å². The number of rotatable bonds is 4. The summed E-state index contributed by atoms with van der Waals surface area (Å²) in [5, 5.41) is 11.7. The molecule has 1 heterocycles. The van der Waals surface area contributed by atoms with Crippen LogP contribution in [-0.2, 0) is 4.79 Å². The first-order valence-corrected chi connectivity index (χ1v) is 8.51. The molecule has 4 heteroatoms. The monoisotopic (exact) mass is 303 g/mol. The number of amides is 1. The van der Waals surface area contributed by atoms with E-state index < -0.39 is 0 Å². The second-order valence-corrected chi connectivity index (χ2v) is 6.35. The van der Waals surface area contributed by atoms with Crippen molar-refractivity contribution >= 4 is 23.4 Å². The number of aliphatic hydroxyl groups is 1. The quantitative estimate of drug-likeness (QED) is 0.841. The zero-order chi connectivity index (χ0) is 14.9. The molecule has 0 atom stereocenters. The van der Waals surface area contributed by atoms with Crippen molar-refractivity contribution in [2.45, 2.75) is 25.7 Å². The third-order valence-electron chi connectivity index (χ3n) is 3.48. The van der Waals surface area contributed by atoms with Gasteiger partial charge < -0.3 is 10.4 Å². The molecule has 1 aromatic carbocycles. The summed E-state index contributed by atoms with van der Waals surface area (Å²) >= 11 is 1.97. The van der Waals surface area contributed by atoms with Gasteiger partial charge in [-0.3, -0.25) is 4.79 Å². The number of anilines is 1. The van der Waals surface area contributed by atoms with Gasteiger partial charge in [-0.1, -0.05) is 24.0 Å². The number of aliphatic hydroxyl groups excluding tert-OH is 1. The maximum Gasteiger partial charge on any atom is 0.224 e. The third kappa shape index (κ3) is 5.45. The summed E-state index contributed by atoms with van der Waals surface area (Å²) in [6.07, 6.45) is 3.31. The first-order valence-electron chi connectivity index (χ1n) is 7.36. The smallest absolute Gasteiger partial charge is 0.224 e. The molecule has 1 aliphatic heterocycles. The van der Waals surface area contributed by atoms with Gasteiger partial charge >= 0.3 is 0 Å². The molecule has 2 rings (SSSR count). The fourth-order valence-corrected chi connectivity index (χ4v) is 3.53. The van der Waals surface area contributed by atoms with Crippen molar-refractivity contribution in [3.05, 3.63) is 29.8 Å². The molecule has 2 N–H and O–H groups in total. The lowest BCUT2D eigenvalue weighted by Crippen LogP contribution is -2.20. The van der Waals surface area contributed by atoms with E-state index in [9.17, 15) is 4.79 Å².